The summed E-state index contributed by atoms with van der Waals surface area (Å²) in [6, 6.07) is 12.6. The van der Waals surface area contributed by atoms with E-state index in [1.54, 1.807) is 7.11 Å². The highest BCUT2D eigenvalue weighted by Crippen LogP contribution is 2.19. The summed E-state index contributed by atoms with van der Waals surface area (Å²) < 4.78 is 18.0. The van der Waals surface area contributed by atoms with E-state index in [0.717, 1.165) is 17.7 Å². The first-order valence-electron chi connectivity index (χ1n) is 9.25. The number of rotatable bonds is 9. The number of carbonyl (C=O) groups is 2. The molecular formula is C21H26FN3O3. The summed E-state index contributed by atoms with van der Waals surface area (Å²) in [5, 5.41) is 8.46. The van der Waals surface area contributed by atoms with Crippen molar-refractivity contribution >= 4 is 11.9 Å². The fourth-order valence-electron chi connectivity index (χ4n) is 2.66. The molecule has 0 aromatic heterocycles. The smallest absolute Gasteiger partial charge is 0.315 e. The maximum absolute atomic E-state index is 12.9. The molecule has 3 N–H and O–H groups in total. The average Bonchev–Trinajstić information content (AvgIpc) is 2.72. The first-order valence-corrected chi connectivity index (χ1v) is 9.25. The molecule has 0 saturated heterocycles. The third kappa shape index (κ3) is 6.57. The largest absolute Gasteiger partial charge is 0.497 e. The molecule has 0 fully saturated rings. The first kappa shape index (κ1) is 21.2. The summed E-state index contributed by atoms with van der Waals surface area (Å²) in [7, 11) is 1.61. The zero-order chi connectivity index (χ0) is 20.4. The number of hydrogen-bond acceptors (Lipinski definition) is 3. The Kier molecular flexibility index (Phi) is 8.27. The van der Waals surface area contributed by atoms with Gasteiger partial charge in [-0.2, -0.15) is 0 Å². The van der Waals surface area contributed by atoms with E-state index in [-0.39, 0.29) is 23.8 Å². The third-order valence-corrected chi connectivity index (χ3v) is 4.26. The monoisotopic (exact) mass is 387 g/mol. The van der Waals surface area contributed by atoms with Crippen LogP contribution in [-0.4, -0.2) is 32.1 Å². The number of halogens is 1. The van der Waals surface area contributed by atoms with Gasteiger partial charge in [-0.05, 0) is 54.8 Å². The number of benzene rings is 2. The summed E-state index contributed by atoms with van der Waals surface area (Å²) >= 11 is 0. The van der Waals surface area contributed by atoms with Crippen molar-refractivity contribution < 1.29 is 18.7 Å². The van der Waals surface area contributed by atoms with Gasteiger partial charge in [0.25, 0.3) is 5.91 Å². The number of amides is 3. The van der Waals surface area contributed by atoms with Crippen molar-refractivity contribution in [3.8, 4) is 5.75 Å². The summed E-state index contributed by atoms with van der Waals surface area (Å²) in [6.07, 6.45) is 1.34. The first-order chi connectivity index (χ1) is 13.5. The van der Waals surface area contributed by atoms with Crippen LogP contribution in [0.25, 0.3) is 0 Å². The normalized spacial score (nSPS) is 11.4. The van der Waals surface area contributed by atoms with Crippen LogP contribution in [-0.2, 0) is 0 Å². The molecular weight excluding hydrogens is 361 g/mol. The number of hydrogen-bond donors (Lipinski definition) is 3. The van der Waals surface area contributed by atoms with Crippen molar-refractivity contribution in [2.75, 3.05) is 20.2 Å². The summed E-state index contributed by atoms with van der Waals surface area (Å²) in [5.74, 6) is 0.118. The van der Waals surface area contributed by atoms with Crippen molar-refractivity contribution in [3.63, 3.8) is 0 Å². The second-order valence-corrected chi connectivity index (χ2v) is 6.25. The van der Waals surface area contributed by atoms with Crippen LogP contribution in [0.15, 0.2) is 48.5 Å². The molecule has 7 heteroatoms. The van der Waals surface area contributed by atoms with E-state index < -0.39 is 0 Å². The van der Waals surface area contributed by atoms with E-state index >= 15 is 0 Å². The second kappa shape index (κ2) is 10.9. The van der Waals surface area contributed by atoms with Gasteiger partial charge in [-0.15, -0.1) is 0 Å². The predicted octanol–water partition coefficient (Wildman–Crippen LogP) is 3.40. The molecule has 28 heavy (non-hydrogen) atoms. The minimum absolute atomic E-state index is 0.0934. The fraction of sp³-hybridized carbons (Fsp3) is 0.333. The molecule has 2 aromatic carbocycles. The molecule has 2 rings (SSSR count). The molecule has 6 nitrogen and oxygen atoms in total. The Morgan fingerprint density at radius 3 is 2.25 bits per heavy atom. The Hall–Kier alpha value is -3.09. The molecule has 3 amide bonds. The number of carbonyl (C=O) groups excluding carboxylic acids is 2. The van der Waals surface area contributed by atoms with Gasteiger partial charge < -0.3 is 20.7 Å². The van der Waals surface area contributed by atoms with Crippen molar-refractivity contribution in [2.45, 2.75) is 25.8 Å². The summed E-state index contributed by atoms with van der Waals surface area (Å²) in [6.45, 7) is 2.83. The van der Waals surface area contributed by atoms with Gasteiger partial charge >= 0.3 is 6.03 Å². The van der Waals surface area contributed by atoms with Gasteiger partial charge in [0, 0.05) is 18.7 Å². The highest BCUT2D eigenvalue weighted by atomic mass is 19.1. The number of methoxy groups -OCH3 is 1. The fourth-order valence-corrected chi connectivity index (χ4v) is 2.66. The Balaban J connectivity index is 1.68. The van der Waals surface area contributed by atoms with Crippen molar-refractivity contribution in [2.24, 2.45) is 0 Å². The lowest BCUT2D eigenvalue weighted by Crippen LogP contribution is -2.39. The van der Waals surface area contributed by atoms with Crippen LogP contribution in [0.1, 0.15) is 41.7 Å². The Morgan fingerprint density at radius 2 is 1.64 bits per heavy atom. The van der Waals surface area contributed by atoms with E-state index in [0.29, 0.717) is 25.1 Å². The van der Waals surface area contributed by atoms with Crippen molar-refractivity contribution in [1.29, 1.82) is 0 Å². The minimum Gasteiger partial charge on any atom is -0.497 e. The molecule has 0 spiro atoms. The van der Waals surface area contributed by atoms with E-state index in [1.165, 1.54) is 24.3 Å². The van der Waals surface area contributed by atoms with E-state index in [9.17, 15) is 14.0 Å². The highest BCUT2D eigenvalue weighted by molar-refractivity contribution is 5.94. The van der Waals surface area contributed by atoms with Crippen LogP contribution in [0.5, 0.6) is 5.75 Å². The Labute approximate surface area is 164 Å². The molecule has 2 aromatic rings. The predicted molar refractivity (Wildman–Crippen MR) is 106 cm³/mol. The van der Waals surface area contributed by atoms with Crippen LogP contribution in [0, 0.1) is 5.82 Å². The Bertz CT molecular complexity index is 763. The molecule has 0 aliphatic rings. The van der Waals surface area contributed by atoms with Crippen LogP contribution in [0.3, 0.4) is 0 Å². The van der Waals surface area contributed by atoms with Gasteiger partial charge in [-0.3, -0.25) is 4.79 Å². The second-order valence-electron chi connectivity index (χ2n) is 6.25. The average molecular weight is 387 g/mol. The SMILES string of the molecule is CCC(NC(=O)NCCCNC(=O)c1ccc(F)cc1)c1ccc(OC)cc1. The topological polar surface area (TPSA) is 79.5 Å². The molecule has 0 heterocycles. The molecule has 0 bridgehead atoms. The molecule has 0 aliphatic carbocycles. The summed E-state index contributed by atoms with van der Waals surface area (Å²) in [5.41, 5.74) is 1.40. The number of nitrogens with one attached hydrogen (secondary N) is 3. The lowest BCUT2D eigenvalue weighted by atomic mass is 10.0. The van der Waals surface area contributed by atoms with E-state index in [1.807, 2.05) is 31.2 Å². The van der Waals surface area contributed by atoms with Gasteiger partial charge in [0.1, 0.15) is 11.6 Å². The molecule has 1 atom stereocenters. The van der Waals surface area contributed by atoms with Gasteiger partial charge in [-0.1, -0.05) is 19.1 Å². The van der Waals surface area contributed by atoms with Crippen LogP contribution in [0.2, 0.25) is 0 Å². The van der Waals surface area contributed by atoms with Crippen molar-refractivity contribution in [1.82, 2.24) is 16.0 Å². The van der Waals surface area contributed by atoms with Crippen LogP contribution >= 0.6 is 0 Å². The van der Waals surface area contributed by atoms with E-state index in [2.05, 4.69) is 16.0 Å². The zero-order valence-corrected chi connectivity index (χ0v) is 16.1. The van der Waals surface area contributed by atoms with E-state index in [4.69, 9.17) is 4.74 Å². The number of urea groups is 1. The minimum atomic E-state index is -0.383. The van der Waals surface area contributed by atoms with Gasteiger partial charge in [0.05, 0.1) is 13.2 Å². The quantitative estimate of drug-likeness (QED) is 0.577. The highest BCUT2D eigenvalue weighted by Gasteiger charge is 2.12. The van der Waals surface area contributed by atoms with Gasteiger partial charge in [0.2, 0.25) is 0 Å². The van der Waals surface area contributed by atoms with Crippen LogP contribution < -0.4 is 20.7 Å². The van der Waals surface area contributed by atoms with Crippen molar-refractivity contribution in [3.05, 3.63) is 65.5 Å². The molecule has 0 aliphatic heterocycles. The summed E-state index contributed by atoms with van der Waals surface area (Å²) in [4.78, 5) is 24.0. The zero-order valence-electron chi connectivity index (χ0n) is 16.1. The standard InChI is InChI=1S/C21H26FN3O3/c1-3-19(15-7-11-18(28-2)12-8-15)25-21(27)24-14-4-13-23-20(26)16-5-9-17(22)10-6-16/h5-12,19H,3-4,13-14H2,1-2H3,(H,23,26)(H2,24,25,27). The van der Waals surface area contributed by atoms with Crippen LogP contribution in [0.4, 0.5) is 9.18 Å². The molecule has 1 unspecified atom stereocenters. The van der Waals surface area contributed by atoms with Gasteiger partial charge in [-0.25, -0.2) is 9.18 Å². The molecule has 150 valence electrons. The third-order valence-electron chi connectivity index (χ3n) is 4.26. The maximum atomic E-state index is 12.9. The number of ether oxygens (including phenoxy) is 1. The lowest BCUT2D eigenvalue weighted by Gasteiger charge is -2.18. The maximum Gasteiger partial charge on any atom is 0.315 e. The molecule has 0 saturated carbocycles. The lowest BCUT2D eigenvalue weighted by molar-refractivity contribution is 0.0953. The Morgan fingerprint density at radius 1 is 1.00 bits per heavy atom. The van der Waals surface area contributed by atoms with Gasteiger partial charge in [0.15, 0.2) is 0 Å². The molecule has 0 radical (unpaired) electrons.